The number of anilines is 1. The Bertz CT molecular complexity index is 1470. The molecule has 11 heteroatoms. The van der Waals surface area contributed by atoms with E-state index in [0.717, 1.165) is 5.56 Å². The Labute approximate surface area is 222 Å². The molecule has 1 N–H and O–H groups in total. The molecular formula is C27H27FN4O5S. The summed E-state index contributed by atoms with van der Waals surface area (Å²) in [6, 6.07) is 14.0. The Hall–Kier alpha value is -3.86. The average Bonchev–Trinajstić information content (AvgIpc) is 3.52. The van der Waals surface area contributed by atoms with E-state index in [1.807, 2.05) is 6.07 Å². The fourth-order valence-electron chi connectivity index (χ4n) is 5.07. The van der Waals surface area contributed by atoms with Crippen molar-refractivity contribution in [3.63, 3.8) is 0 Å². The third-order valence-electron chi connectivity index (χ3n) is 7.16. The molecular weight excluding hydrogens is 511 g/mol. The summed E-state index contributed by atoms with van der Waals surface area (Å²) in [5.41, 5.74) is 1.59. The smallest absolute Gasteiger partial charge is 0.330 e. The van der Waals surface area contributed by atoms with Gasteiger partial charge in [0.05, 0.1) is 11.4 Å². The van der Waals surface area contributed by atoms with Crippen LogP contribution in [0.25, 0.3) is 5.69 Å². The van der Waals surface area contributed by atoms with E-state index in [-0.39, 0.29) is 29.6 Å². The van der Waals surface area contributed by atoms with Crippen LogP contribution in [-0.4, -0.2) is 49.9 Å². The highest BCUT2D eigenvalue weighted by atomic mass is 32.2. The van der Waals surface area contributed by atoms with Crippen molar-refractivity contribution in [2.45, 2.75) is 43.7 Å². The zero-order valence-corrected chi connectivity index (χ0v) is 22.0. The van der Waals surface area contributed by atoms with Crippen LogP contribution >= 0.6 is 11.8 Å². The van der Waals surface area contributed by atoms with Gasteiger partial charge in [0.1, 0.15) is 22.4 Å². The highest BCUT2D eigenvalue weighted by molar-refractivity contribution is 8.00. The number of para-hydroxylation sites is 1. The molecule has 0 aliphatic carbocycles. The second-order valence-electron chi connectivity index (χ2n) is 9.39. The zero-order chi connectivity index (χ0) is 27.2. The van der Waals surface area contributed by atoms with Gasteiger partial charge in [0.25, 0.3) is 11.5 Å². The minimum Gasteiger partial charge on any atom is -0.451 e. The molecule has 0 bridgehead atoms. The first-order chi connectivity index (χ1) is 18.1. The highest BCUT2D eigenvalue weighted by Gasteiger charge is 2.57. The van der Waals surface area contributed by atoms with E-state index in [2.05, 4.69) is 5.32 Å². The maximum atomic E-state index is 13.5. The van der Waals surface area contributed by atoms with Crippen molar-refractivity contribution >= 4 is 35.2 Å². The first-order valence-corrected chi connectivity index (χ1v) is 13.2. The van der Waals surface area contributed by atoms with Crippen molar-refractivity contribution in [2.24, 2.45) is 7.05 Å². The number of hydrogen-bond donors (Lipinski definition) is 1. The number of nitrogens with zero attached hydrogens (tertiary/aromatic N) is 3. The second-order valence-corrected chi connectivity index (χ2v) is 10.7. The van der Waals surface area contributed by atoms with Crippen LogP contribution in [0, 0.1) is 12.7 Å². The molecule has 5 rings (SSSR count). The number of rotatable bonds is 6. The van der Waals surface area contributed by atoms with Crippen molar-refractivity contribution in [2.75, 3.05) is 11.1 Å². The molecule has 2 saturated heterocycles. The van der Waals surface area contributed by atoms with Crippen LogP contribution in [0.3, 0.4) is 0 Å². The van der Waals surface area contributed by atoms with Crippen LogP contribution in [0.2, 0.25) is 0 Å². The number of halogens is 1. The quantitative estimate of drug-likeness (QED) is 0.484. The Kier molecular flexibility index (Phi) is 6.64. The lowest BCUT2D eigenvalue weighted by Crippen LogP contribution is -2.48. The van der Waals surface area contributed by atoms with Gasteiger partial charge in [-0.3, -0.25) is 19.1 Å². The summed E-state index contributed by atoms with van der Waals surface area (Å²) < 4.78 is 22.1. The lowest BCUT2D eigenvalue weighted by atomic mass is 10.0. The number of nitrogens with one attached hydrogen (secondary N) is 1. The Morgan fingerprint density at radius 3 is 2.50 bits per heavy atom. The predicted molar refractivity (Wildman–Crippen MR) is 140 cm³/mol. The number of carbonyl (C=O) groups is 3. The number of fused-ring (bicyclic) bond motifs is 1. The number of thioether (sulfide) groups is 1. The van der Waals surface area contributed by atoms with Crippen LogP contribution in [0.4, 0.5) is 10.1 Å². The third-order valence-corrected chi connectivity index (χ3v) is 8.76. The summed E-state index contributed by atoms with van der Waals surface area (Å²) in [5, 5.41) is 2.61. The summed E-state index contributed by atoms with van der Waals surface area (Å²) >= 11 is 1.44. The molecule has 3 heterocycles. The van der Waals surface area contributed by atoms with Crippen molar-refractivity contribution < 1.29 is 23.5 Å². The Balaban J connectivity index is 1.31. The molecule has 0 unspecified atom stereocenters. The molecule has 0 spiro atoms. The van der Waals surface area contributed by atoms with Crippen LogP contribution in [0.5, 0.6) is 0 Å². The number of amides is 2. The van der Waals surface area contributed by atoms with Crippen molar-refractivity contribution in [1.29, 1.82) is 0 Å². The Morgan fingerprint density at radius 1 is 1.13 bits per heavy atom. The van der Waals surface area contributed by atoms with Crippen molar-refractivity contribution in [3.8, 4) is 5.69 Å². The molecule has 3 atom stereocenters. The molecule has 3 aromatic rings. The van der Waals surface area contributed by atoms with Gasteiger partial charge >= 0.3 is 5.97 Å². The van der Waals surface area contributed by atoms with Gasteiger partial charge < -0.3 is 15.0 Å². The molecule has 0 radical (unpaired) electrons. The van der Waals surface area contributed by atoms with Crippen LogP contribution in [0.1, 0.15) is 31.0 Å². The minimum atomic E-state index is -1.21. The molecule has 9 nitrogen and oxygen atoms in total. The van der Waals surface area contributed by atoms with E-state index in [1.165, 1.54) is 40.4 Å². The normalized spacial score (nSPS) is 21.3. The molecule has 1 aromatic heterocycles. The first kappa shape index (κ1) is 25.8. The maximum absolute atomic E-state index is 13.5. The number of aromatic nitrogens is 2. The van der Waals surface area contributed by atoms with Gasteiger partial charge in [-0.25, -0.2) is 13.9 Å². The second kappa shape index (κ2) is 9.79. The van der Waals surface area contributed by atoms with Gasteiger partial charge in [-0.15, -0.1) is 11.8 Å². The number of hydrogen-bond acceptors (Lipinski definition) is 6. The molecule has 2 amide bonds. The summed E-state index contributed by atoms with van der Waals surface area (Å²) in [4.78, 5) is 52.8. The molecule has 2 aliphatic heterocycles. The molecule has 198 valence electrons. The molecule has 2 fully saturated rings. The third kappa shape index (κ3) is 4.20. The number of esters is 1. The monoisotopic (exact) mass is 538 g/mol. The fraction of sp³-hybridized carbons (Fsp3) is 0.333. The van der Waals surface area contributed by atoms with E-state index in [4.69, 9.17) is 4.74 Å². The van der Waals surface area contributed by atoms with E-state index in [0.29, 0.717) is 17.8 Å². The van der Waals surface area contributed by atoms with Gasteiger partial charge in [-0.05, 0) is 50.1 Å². The lowest BCUT2D eigenvalue weighted by molar-refractivity contribution is -0.160. The fourth-order valence-corrected chi connectivity index (χ4v) is 6.71. The van der Waals surface area contributed by atoms with E-state index < -0.39 is 34.5 Å². The number of ether oxygens (including phenoxy) is 1. The maximum Gasteiger partial charge on any atom is 0.330 e. The zero-order valence-electron chi connectivity index (χ0n) is 21.1. The number of benzene rings is 2. The average molecular weight is 539 g/mol. The number of carbonyl (C=O) groups excluding carboxylic acids is 3. The predicted octanol–water partition coefficient (Wildman–Crippen LogP) is 3.08. The van der Waals surface area contributed by atoms with Crippen LogP contribution in [0.15, 0.2) is 59.4 Å². The van der Waals surface area contributed by atoms with E-state index in [9.17, 15) is 23.6 Å². The largest absolute Gasteiger partial charge is 0.451 e. The van der Waals surface area contributed by atoms with Gasteiger partial charge in [0, 0.05) is 19.2 Å². The molecule has 2 aromatic carbocycles. The summed E-state index contributed by atoms with van der Waals surface area (Å²) in [6.07, 6.45) is -0.469. The topological polar surface area (TPSA) is 103 Å². The van der Waals surface area contributed by atoms with Gasteiger partial charge in [-0.1, -0.05) is 30.3 Å². The van der Waals surface area contributed by atoms with E-state index in [1.54, 1.807) is 55.1 Å². The van der Waals surface area contributed by atoms with Gasteiger partial charge in [0.15, 0.2) is 6.10 Å². The Morgan fingerprint density at radius 2 is 1.82 bits per heavy atom. The van der Waals surface area contributed by atoms with Gasteiger partial charge in [0.2, 0.25) is 5.91 Å². The SMILES string of the molecule is Cc1c(NC(=O)[C@@H](C)OC(=O)[C@@H]2CS[C@@]3(c4ccc(F)cc4)CCC(=O)N23)c(=O)n(-c2ccccc2)n1C. The van der Waals surface area contributed by atoms with Gasteiger partial charge in [-0.2, -0.15) is 0 Å². The summed E-state index contributed by atoms with van der Waals surface area (Å²) in [5.74, 6) is -1.65. The van der Waals surface area contributed by atoms with E-state index >= 15 is 0 Å². The summed E-state index contributed by atoms with van der Waals surface area (Å²) in [7, 11) is 1.71. The molecule has 0 saturated carbocycles. The molecule has 38 heavy (non-hydrogen) atoms. The van der Waals surface area contributed by atoms with Crippen LogP contribution in [-0.2, 0) is 31.0 Å². The van der Waals surface area contributed by atoms with Crippen LogP contribution < -0.4 is 10.9 Å². The standard InChI is InChI=1S/C27H27FN4O5S/c1-16-23(25(35)32(30(16)3)20-7-5-4-6-8-20)29-24(34)17(2)37-26(36)21-15-38-27(14-13-22(33)31(21)27)18-9-11-19(28)12-10-18/h4-12,17,21H,13-15H2,1-3H3,(H,29,34)/t17-,21+,27-/m1/s1. The van der Waals surface area contributed by atoms with Crippen molar-refractivity contribution in [1.82, 2.24) is 14.3 Å². The lowest BCUT2D eigenvalue weighted by Gasteiger charge is -2.33. The van der Waals surface area contributed by atoms with Crippen molar-refractivity contribution in [3.05, 3.63) is 82.0 Å². The first-order valence-electron chi connectivity index (χ1n) is 12.2. The molecule has 2 aliphatic rings. The minimum absolute atomic E-state index is 0.0886. The summed E-state index contributed by atoms with van der Waals surface area (Å²) in [6.45, 7) is 3.12. The highest BCUT2D eigenvalue weighted by Crippen LogP contribution is 2.54.